The molecular weight excluding hydrogens is 325 g/mol. The zero-order valence-electron chi connectivity index (χ0n) is 10.6. The highest BCUT2D eigenvalue weighted by molar-refractivity contribution is 9.10. The van der Waals surface area contributed by atoms with Crippen LogP contribution >= 0.6 is 15.9 Å². The van der Waals surface area contributed by atoms with Crippen LogP contribution in [0.2, 0.25) is 0 Å². The van der Waals surface area contributed by atoms with E-state index in [0.29, 0.717) is 15.7 Å². The molecule has 0 aromatic heterocycles. The van der Waals surface area contributed by atoms with Crippen LogP contribution in [-0.4, -0.2) is 5.97 Å². The molecule has 0 amide bonds. The van der Waals surface area contributed by atoms with Crippen LogP contribution in [0.1, 0.15) is 11.1 Å². The van der Waals surface area contributed by atoms with Crippen molar-refractivity contribution in [2.75, 3.05) is 5.73 Å². The molecule has 0 saturated carbocycles. The van der Waals surface area contributed by atoms with Gasteiger partial charge in [-0.05, 0) is 29.8 Å². The molecule has 0 radical (unpaired) electrons. The molecule has 2 aromatic rings. The van der Waals surface area contributed by atoms with E-state index in [1.165, 1.54) is 12.1 Å². The summed E-state index contributed by atoms with van der Waals surface area (Å²) in [5, 5.41) is 0. The minimum absolute atomic E-state index is 0.0178. The van der Waals surface area contributed by atoms with Crippen LogP contribution in [0.5, 0.6) is 0 Å². The third-order valence-electron chi connectivity index (χ3n) is 2.79. The van der Waals surface area contributed by atoms with E-state index in [2.05, 4.69) is 15.9 Å². The van der Waals surface area contributed by atoms with E-state index in [1.807, 2.05) is 6.07 Å². The average molecular weight is 338 g/mol. The van der Waals surface area contributed by atoms with Gasteiger partial charge < -0.3 is 10.5 Å². The number of anilines is 1. The molecule has 0 aliphatic heterocycles. The maximum Gasteiger partial charge on any atom is 0.310 e. The highest BCUT2D eigenvalue weighted by Gasteiger charge is 2.09. The fourth-order valence-electron chi connectivity index (χ4n) is 1.71. The molecular formula is C15H13BrFNO2. The van der Waals surface area contributed by atoms with Crippen LogP contribution in [0.4, 0.5) is 10.1 Å². The molecule has 0 aliphatic rings. The van der Waals surface area contributed by atoms with Gasteiger partial charge in [-0.1, -0.05) is 34.1 Å². The number of hydrogen-bond acceptors (Lipinski definition) is 3. The molecule has 104 valence electrons. The summed E-state index contributed by atoms with van der Waals surface area (Å²) in [5.41, 5.74) is 7.61. The van der Waals surface area contributed by atoms with Crippen molar-refractivity contribution in [3.63, 3.8) is 0 Å². The second-order valence-corrected chi connectivity index (χ2v) is 5.13. The van der Waals surface area contributed by atoms with Crippen LogP contribution in [0.3, 0.4) is 0 Å². The summed E-state index contributed by atoms with van der Waals surface area (Å²) in [4.78, 5) is 11.7. The van der Waals surface area contributed by atoms with E-state index in [1.54, 1.807) is 24.3 Å². The third-order valence-corrected chi connectivity index (χ3v) is 3.56. The predicted octanol–water partition coefficient (Wildman–Crippen LogP) is 3.46. The van der Waals surface area contributed by atoms with Crippen molar-refractivity contribution in [2.24, 2.45) is 0 Å². The number of rotatable bonds is 4. The lowest BCUT2D eigenvalue weighted by atomic mass is 10.1. The maximum atomic E-state index is 13.1. The molecule has 0 saturated heterocycles. The van der Waals surface area contributed by atoms with Crippen molar-refractivity contribution in [3.05, 3.63) is 63.9 Å². The Kier molecular flexibility index (Phi) is 4.74. The Balaban J connectivity index is 1.96. The Morgan fingerprint density at radius 3 is 2.70 bits per heavy atom. The van der Waals surface area contributed by atoms with E-state index in [9.17, 15) is 9.18 Å². The van der Waals surface area contributed by atoms with Gasteiger partial charge in [-0.2, -0.15) is 0 Å². The lowest BCUT2D eigenvalue weighted by molar-refractivity contribution is -0.144. The standard InChI is InChI=1S/C15H13BrFNO2/c16-13-6-5-12(17)7-11(13)9-20-15(19)8-10-3-1-2-4-14(10)18/h1-7H,8-9,18H2. The number of ether oxygens (including phenoxy) is 1. The Hall–Kier alpha value is -1.88. The van der Waals surface area contributed by atoms with E-state index in [4.69, 9.17) is 10.5 Å². The summed E-state index contributed by atoms with van der Waals surface area (Å²) in [7, 11) is 0. The molecule has 0 unspecified atom stereocenters. The van der Waals surface area contributed by atoms with Crippen molar-refractivity contribution in [1.29, 1.82) is 0 Å². The minimum Gasteiger partial charge on any atom is -0.461 e. The normalized spacial score (nSPS) is 10.3. The van der Waals surface area contributed by atoms with Gasteiger partial charge in [0.25, 0.3) is 0 Å². The third kappa shape index (κ3) is 3.81. The SMILES string of the molecule is Nc1ccccc1CC(=O)OCc1cc(F)ccc1Br. The number of nitrogen functional groups attached to an aromatic ring is 1. The van der Waals surface area contributed by atoms with E-state index in [-0.39, 0.29) is 18.8 Å². The number of benzene rings is 2. The lowest BCUT2D eigenvalue weighted by Crippen LogP contribution is -2.09. The van der Waals surface area contributed by atoms with Crippen molar-refractivity contribution in [2.45, 2.75) is 13.0 Å². The van der Waals surface area contributed by atoms with Gasteiger partial charge >= 0.3 is 5.97 Å². The van der Waals surface area contributed by atoms with Gasteiger partial charge in [0.1, 0.15) is 12.4 Å². The largest absolute Gasteiger partial charge is 0.461 e. The van der Waals surface area contributed by atoms with Crippen LogP contribution in [-0.2, 0) is 22.6 Å². The molecule has 0 bridgehead atoms. The number of para-hydroxylation sites is 1. The monoisotopic (exact) mass is 337 g/mol. The van der Waals surface area contributed by atoms with Crippen LogP contribution < -0.4 is 5.73 Å². The summed E-state index contributed by atoms with van der Waals surface area (Å²) in [6, 6.07) is 11.3. The first-order valence-electron chi connectivity index (χ1n) is 5.99. The minimum atomic E-state index is -0.404. The second kappa shape index (κ2) is 6.52. The maximum absolute atomic E-state index is 13.1. The summed E-state index contributed by atoms with van der Waals surface area (Å²) >= 11 is 3.28. The number of hydrogen-bond donors (Lipinski definition) is 1. The zero-order chi connectivity index (χ0) is 14.5. The molecule has 0 fully saturated rings. The van der Waals surface area contributed by atoms with Crippen molar-refractivity contribution < 1.29 is 13.9 Å². The Bertz CT molecular complexity index is 631. The molecule has 2 N–H and O–H groups in total. The second-order valence-electron chi connectivity index (χ2n) is 4.27. The number of carbonyl (C=O) groups is 1. The first-order chi connectivity index (χ1) is 9.56. The van der Waals surface area contributed by atoms with Crippen molar-refractivity contribution in [1.82, 2.24) is 0 Å². The lowest BCUT2D eigenvalue weighted by Gasteiger charge is -2.08. The molecule has 5 heteroatoms. The van der Waals surface area contributed by atoms with Crippen LogP contribution in [0, 0.1) is 5.82 Å². The zero-order valence-corrected chi connectivity index (χ0v) is 12.2. The first-order valence-corrected chi connectivity index (χ1v) is 6.78. The van der Waals surface area contributed by atoms with Gasteiger partial charge in [0.05, 0.1) is 6.42 Å². The van der Waals surface area contributed by atoms with Crippen molar-refractivity contribution in [3.8, 4) is 0 Å². The van der Waals surface area contributed by atoms with Crippen molar-refractivity contribution >= 4 is 27.6 Å². The van der Waals surface area contributed by atoms with Gasteiger partial charge in [0, 0.05) is 15.7 Å². The van der Waals surface area contributed by atoms with Gasteiger partial charge in [-0.3, -0.25) is 4.79 Å². The van der Waals surface area contributed by atoms with E-state index >= 15 is 0 Å². The van der Waals surface area contributed by atoms with Gasteiger partial charge in [-0.25, -0.2) is 4.39 Å². The molecule has 0 aliphatic carbocycles. The summed E-state index contributed by atoms with van der Waals surface area (Å²) in [5.74, 6) is -0.773. The van der Waals surface area contributed by atoms with E-state index in [0.717, 1.165) is 5.56 Å². The van der Waals surface area contributed by atoms with Crippen LogP contribution in [0.15, 0.2) is 46.9 Å². The molecule has 0 atom stereocenters. The quantitative estimate of drug-likeness (QED) is 0.686. The van der Waals surface area contributed by atoms with Gasteiger partial charge in [-0.15, -0.1) is 0 Å². The molecule has 2 rings (SSSR count). The van der Waals surface area contributed by atoms with Gasteiger partial charge in [0.15, 0.2) is 0 Å². The Morgan fingerprint density at radius 1 is 1.20 bits per heavy atom. The summed E-state index contributed by atoms with van der Waals surface area (Å²) < 4.78 is 18.9. The molecule has 20 heavy (non-hydrogen) atoms. The summed E-state index contributed by atoms with van der Waals surface area (Å²) in [6.07, 6.45) is 0.0968. The average Bonchev–Trinajstić information content (AvgIpc) is 2.42. The molecule has 3 nitrogen and oxygen atoms in total. The first kappa shape index (κ1) is 14.5. The topological polar surface area (TPSA) is 52.3 Å². The molecule has 0 heterocycles. The number of carbonyl (C=O) groups excluding carboxylic acids is 1. The fraction of sp³-hybridized carbons (Fsp3) is 0.133. The molecule has 0 spiro atoms. The number of nitrogens with two attached hydrogens (primary N) is 1. The van der Waals surface area contributed by atoms with Gasteiger partial charge in [0.2, 0.25) is 0 Å². The Morgan fingerprint density at radius 2 is 1.95 bits per heavy atom. The van der Waals surface area contributed by atoms with Crippen LogP contribution in [0.25, 0.3) is 0 Å². The number of halogens is 2. The smallest absolute Gasteiger partial charge is 0.310 e. The van der Waals surface area contributed by atoms with E-state index < -0.39 is 5.97 Å². The molecule has 2 aromatic carbocycles. The number of esters is 1. The predicted molar refractivity (Wildman–Crippen MR) is 78.5 cm³/mol. The fourth-order valence-corrected chi connectivity index (χ4v) is 2.07. The Labute approximate surface area is 124 Å². The highest BCUT2D eigenvalue weighted by Crippen LogP contribution is 2.19. The summed E-state index contributed by atoms with van der Waals surface area (Å²) in [6.45, 7) is 0.0178. The highest BCUT2D eigenvalue weighted by atomic mass is 79.9.